The summed E-state index contributed by atoms with van der Waals surface area (Å²) in [6.07, 6.45) is 2.03. The molecule has 90 valence electrons. The molecule has 6 heteroatoms. The number of carbonyl (C=O) groups excluding carboxylic acids is 1. The Bertz CT molecular complexity index is 443. The molecule has 1 amide bonds. The van der Waals surface area contributed by atoms with Crippen LogP contribution in [0.4, 0.5) is 5.69 Å². The molecule has 0 spiro atoms. The third-order valence-corrected chi connectivity index (χ3v) is 2.34. The number of benzene rings is 1. The van der Waals surface area contributed by atoms with E-state index < -0.39 is 4.92 Å². The summed E-state index contributed by atoms with van der Waals surface area (Å²) in [6.45, 7) is -0.113. The quantitative estimate of drug-likeness (QED) is 0.616. The van der Waals surface area contributed by atoms with Crippen molar-refractivity contribution in [3.63, 3.8) is 0 Å². The highest BCUT2D eigenvalue weighted by atomic mass is 16.6. The predicted molar refractivity (Wildman–Crippen MR) is 59.8 cm³/mol. The molecule has 1 fully saturated rings. The van der Waals surface area contributed by atoms with Crippen molar-refractivity contribution < 1.29 is 14.5 Å². The lowest BCUT2D eigenvalue weighted by atomic mass is 10.3. The number of amides is 1. The summed E-state index contributed by atoms with van der Waals surface area (Å²) < 4.78 is 5.17. The van der Waals surface area contributed by atoms with Crippen LogP contribution in [0.5, 0.6) is 5.75 Å². The van der Waals surface area contributed by atoms with E-state index in [0.29, 0.717) is 5.75 Å². The Morgan fingerprint density at radius 2 is 2.29 bits per heavy atom. The molecule has 0 saturated heterocycles. The second kappa shape index (κ2) is 4.82. The summed E-state index contributed by atoms with van der Waals surface area (Å²) in [5, 5.41) is 13.3. The fourth-order valence-electron chi connectivity index (χ4n) is 1.33. The summed E-state index contributed by atoms with van der Waals surface area (Å²) in [6, 6.07) is 6.06. The maximum Gasteiger partial charge on any atom is 0.273 e. The van der Waals surface area contributed by atoms with Crippen LogP contribution in [0, 0.1) is 10.1 Å². The lowest BCUT2D eigenvalue weighted by Gasteiger charge is -2.06. The van der Waals surface area contributed by atoms with Crippen molar-refractivity contribution in [3.05, 3.63) is 34.4 Å². The standard InChI is InChI=1S/C11H12N2O4/c14-11(12-8-4-5-8)7-17-10-3-1-2-9(6-10)13(15)16/h1-3,6,8H,4-5,7H2,(H,12,14). The van der Waals surface area contributed by atoms with Gasteiger partial charge in [0.05, 0.1) is 11.0 Å². The molecule has 0 atom stereocenters. The van der Waals surface area contributed by atoms with Gasteiger partial charge >= 0.3 is 0 Å². The maximum absolute atomic E-state index is 11.3. The molecule has 1 aromatic carbocycles. The molecule has 1 aliphatic carbocycles. The lowest BCUT2D eigenvalue weighted by Crippen LogP contribution is -2.30. The van der Waals surface area contributed by atoms with Gasteiger partial charge in [-0.25, -0.2) is 0 Å². The van der Waals surface area contributed by atoms with Gasteiger partial charge in [-0.15, -0.1) is 0 Å². The Morgan fingerprint density at radius 3 is 2.94 bits per heavy atom. The molecule has 0 heterocycles. The van der Waals surface area contributed by atoms with E-state index in [-0.39, 0.29) is 24.2 Å². The fraction of sp³-hybridized carbons (Fsp3) is 0.364. The number of non-ortho nitro benzene ring substituents is 1. The zero-order chi connectivity index (χ0) is 12.3. The van der Waals surface area contributed by atoms with Crippen molar-refractivity contribution in [2.45, 2.75) is 18.9 Å². The topological polar surface area (TPSA) is 81.5 Å². The summed E-state index contributed by atoms with van der Waals surface area (Å²) in [5.41, 5.74) is -0.0508. The number of nitrogens with zero attached hydrogens (tertiary/aromatic N) is 1. The molecule has 6 nitrogen and oxygen atoms in total. The molecular formula is C11H12N2O4. The van der Waals surface area contributed by atoms with Gasteiger partial charge in [-0.2, -0.15) is 0 Å². The first-order valence-corrected chi connectivity index (χ1v) is 5.32. The number of carbonyl (C=O) groups is 1. The van der Waals surface area contributed by atoms with Crippen molar-refractivity contribution in [2.24, 2.45) is 0 Å². The van der Waals surface area contributed by atoms with Gasteiger partial charge in [0, 0.05) is 12.1 Å². The maximum atomic E-state index is 11.3. The summed E-state index contributed by atoms with van der Waals surface area (Å²) >= 11 is 0. The molecule has 1 aromatic rings. The largest absolute Gasteiger partial charge is 0.484 e. The van der Waals surface area contributed by atoms with E-state index >= 15 is 0 Å². The number of hydrogen-bond donors (Lipinski definition) is 1. The Kier molecular flexibility index (Phi) is 3.22. The minimum Gasteiger partial charge on any atom is -0.484 e. The zero-order valence-corrected chi connectivity index (χ0v) is 9.09. The fourth-order valence-corrected chi connectivity index (χ4v) is 1.33. The second-order valence-corrected chi connectivity index (χ2v) is 3.88. The van der Waals surface area contributed by atoms with Crippen LogP contribution in [-0.2, 0) is 4.79 Å². The Balaban J connectivity index is 1.87. The van der Waals surface area contributed by atoms with Gasteiger partial charge in [0.2, 0.25) is 0 Å². The summed E-state index contributed by atoms with van der Waals surface area (Å²) in [4.78, 5) is 21.3. The minimum atomic E-state index is -0.503. The highest BCUT2D eigenvalue weighted by Crippen LogP contribution is 2.20. The van der Waals surface area contributed by atoms with E-state index in [4.69, 9.17) is 4.74 Å². The van der Waals surface area contributed by atoms with Crippen molar-refractivity contribution in [3.8, 4) is 5.75 Å². The number of nitrogens with one attached hydrogen (secondary N) is 1. The predicted octanol–water partition coefficient (Wildman–Crippen LogP) is 1.25. The van der Waals surface area contributed by atoms with E-state index in [1.165, 1.54) is 18.2 Å². The molecule has 0 radical (unpaired) electrons. The molecule has 2 rings (SSSR count). The molecule has 1 N–H and O–H groups in total. The van der Waals surface area contributed by atoms with Gasteiger partial charge in [0.1, 0.15) is 5.75 Å². The zero-order valence-electron chi connectivity index (χ0n) is 9.09. The third kappa shape index (κ3) is 3.44. The Hall–Kier alpha value is -2.11. The molecule has 0 aliphatic heterocycles. The smallest absolute Gasteiger partial charge is 0.273 e. The monoisotopic (exact) mass is 236 g/mol. The van der Waals surface area contributed by atoms with E-state index in [1.807, 2.05) is 0 Å². The number of hydrogen-bond acceptors (Lipinski definition) is 4. The molecule has 0 unspecified atom stereocenters. The number of rotatable bonds is 5. The van der Waals surface area contributed by atoms with Crippen molar-refractivity contribution >= 4 is 11.6 Å². The highest BCUT2D eigenvalue weighted by Gasteiger charge is 2.23. The normalized spacial score (nSPS) is 14.1. The van der Waals surface area contributed by atoms with Gasteiger partial charge < -0.3 is 10.1 Å². The van der Waals surface area contributed by atoms with Crippen LogP contribution in [0.2, 0.25) is 0 Å². The van der Waals surface area contributed by atoms with Gasteiger partial charge in [0.25, 0.3) is 11.6 Å². The lowest BCUT2D eigenvalue weighted by molar-refractivity contribution is -0.384. The van der Waals surface area contributed by atoms with Gasteiger partial charge in [0.15, 0.2) is 6.61 Å². The third-order valence-electron chi connectivity index (χ3n) is 2.34. The first-order valence-electron chi connectivity index (χ1n) is 5.32. The first kappa shape index (κ1) is 11.4. The summed E-state index contributed by atoms with van der Waals surface area (Å²) in [5.74, 6) is 0.129. The van der Waals surface area contributed by atoms with Crippen LogP contribution in [0.25, 0.3) is 0 Å². The molecule has 17 heavy (non-hydrogen) atoms. The van der Waals surface area contributed by atoms with Crippen LogP contribution in [0.15, 0.2) is 24.3 Å². The SMILES string of the molecule is O=C(COc1cccc([N+](=O)[O-])c1)NC1CC1. The van der Waals surface area contributed by atoms with Gasteiger partial charge in [-0.05, 0) is 18.9 Å². The van der Waals surface area contributed by atoms with E-state index in [2.05, 4.69) is 5.32 Å². The van der Waals surface area contributed by atoms with E-state index in [9.17, 15) is 14.9 Å². The molecular weight excluding hydrogens is 224 g/mol. The summed E-state index contributed by atoms with van der Waals surface area (Å²) in [7, 11) is 0. The Morgan fingerprint density at radius 1 is 1.53 bits per heavy atom. The Labute approximate surface area is 97.7 Å². The van der Waals surface area contributed by atoms with Crippen LogP contribution in [-0.4, -0.2) is 23.5 Å². The van der Waals surface area contributed by atoms with Gasteiger partial charge in [-0.3, -0.25) is 14.9 Å². The molecule has 0 bridgehead atoms. The number of nitro groups is 1. The van der Waals surface area contributed by atoms with Crippen LogP contribution in [0.3, 0.4) is 0 Å². The number of ether oxygens (including phenoxy) is 1. The van der Waals surface area contributed by atoms with Crippen LogP contribution in [0.1, 0.15) is 12.8 Å². The molecule has 1 aliphatic rings. The van der Waals surface area contributed by atoms with Crippen molar-refractivity contribution in [1.82, 2.24) is 5.32 Å². The first-order chi connectivity index (χ1) is 8.15. The highest BCUT2D eigenvalue weighted by molar-refractivity contribution is 5.78. The minimum absolute atomic E-state index is 0.0508. The number of nitro benzene ring substituents is 1. The average molecular weight is 236 g/mol. The second-order valence-electron chi connectivity index (χ2n) is 3.88. The van der Waals surface area contributed by atoms with Crippen LogP contribution >= 0.6 is 0 Å². The average Bonchev–Trinajstić information content (AvgIpc) is 3.11. The van der Waals surface area contributed by atoms with E-state index in [0.717, 1.165) is 12.8 Å². The van der Waals surface area contributed by atoms with Gasteiger partial charge in [-0.1, -0.05) is 6.07 Å². The van der Waals surface area contributed by atoms with E-state index in [1.54, 1.807) is 6.07 Å². The van der Waals surface area contributed by atoms with Crippen molar-refractivity contribution in [1.29, 1.82) is 0 Å². The van der Waals surface area contributed by atoms with Crippen molar-refractivity contribution in [2.75, 3.05) is 6.61 Å². The molecule has 0 aromatic heterocycles. The molecule has 1 saturated carbocycles. The van der Waals surface area contributed by atoms with Crippen LogP contribution < -0.4 is 10.1 Å².